The monoisotopic (exact) mass is 282 g/mol. The maximum Gasteiger partial charge on any atom is 0.223 e. The number of hydrogen-bond acceptors (Lipinski definition) is 2. The van der Waals surface area contributed by atoms with Gasteiger partial charge in [0.2, 0.25) is 5.91 Å². The lowest BCUT2D eigenvalue weighted by Gasteiger charge is -2.17. The molecule has 0 saturated carbocycles. The number of nitrogens with two attached hydrogens (primary N) is 1. The molecule has 0 aromatic heterocycles. The van der Waals surface area contributed by atoms with Gasteiger partial charge >= 0.3 is 0 Å². The van der Waals surface area contributed by atoms with Crippen molar-refractivity contribution in [2.75, 3.05) is 13.1 Å². The van der Waals surface area contributed by atoms with Gasteiger partial charge in [-0.15, -0.1) is 0 Å². The van der Waals surface area contributed by atoms with Crippen LogP contribution in [0.15, 0.2) is 28.7 Å². The normalized spacial score (nSPS) is 20.5. The van der Waals surface area contributed by atoms with E-state index < -0.39 is 0 Å². The number of rotatable bonds is 3. The van der Waals surface area contributed by atoms with Gasteiger partial charge in [0.05, 0.1) is 0 Å². The number of halogens is 1. The fourth-order valence-corrected chi connectivity index (χ4v) is 2.41. The van der Waals surface area contributed by atoms with E-state index in [9.17, 15) is 4.79 Å². The largest absolute Gasteiger partial charge is 0.338 e. The van der Waals surface area contributed by atoms with Crippen molar-refractivity contribution in [1.82, 2.24) is 4.90 Å². The summed E-state index contributed by atoms with van der Waals surface area (Å²) in [6.07, 6.45) is 0.598. The fraction of sp³-hybridized carbons (Fsp3) is 0.417. The second-order valence-corrected chi connectivity index (χ2v) is 5.03. The lowest BCUT2D eigenvalue weighted by Crippen LogP contribution is -2.25. The molecular formula is C12H15BrN2O. The van der Waals surface area contributed by atoms with Gasteiger partial charge in [0.1, 0.15) is 0 Å². The number of amides is 1. The average molecular weight is 283 g/mol. The molecule has 1 saturated heterocycles. The van der Waals surface area contributed by atoms with E-state index in [1.807, 2.05) is 29.2 Å². The van der Waals surface area contributed by atoms with Gasteiger partial charge in [0.25, 0.3) is 0 Å². The van der Waals surface area contributed by atoms with Crippen LogP contribution in [0.1, 0.15) is 12.0 Å². The molecule has 1 unspecified atom stereocenters. The zero-order chi connectivity index (χ0) is 11.5. The Balaban J connectivity index is 2.06. The Morgan fingerprint density at radius 1 is 1.44 bits per heavy atom. The molecule has 1 aromatic rings. The number of carbonyl (C=O) groups is 1. The number of nitrogens with zero attached hydrogens (tertiary/aromatic N) is 1. The van der Waals surface area contributed by atoms with E-state index in [0.717, 1.165) is 16.6 Å². The summed E-state index contributed by atoms with van der Waals surface area (Å²) in [5.74, 6) is 0.543. The minimum Gasteiger partial charge on any atom is -0.338 e. The first kappa shape index (κ1) is 11.6. The standard InChI is InChI=1S/C12H15BrN2O/c13-11-4-2-1-3-10(11)8-15-7-9(6-14)5-12(15)16/h1-4,9H,5-8,14H2. The van der Waals surface area contributed by atoms with Crippen molar-refractivity contribution in [2.24, 2.45) is 11.7 Å². The van der Waals surface area contributed by atoms with Crippen molar-refractivity contribution in [1.29, 1.82) is 0 Å². The lowest BCUT2D eigenvalue weighted by atomic mass is 10.1. The molecule has 0 spiro atoms. The molecular weight excluding hydrogens is 268 g/mol. The highest BCUT2D eigenvalue weighted by atomic mass is 79.9. The first-order chi connectivity index (χ1) is 7.70. The molecule has 3 nitrogen and oxygen atoms in total. The van der Waals surface area contributed by atoms with Gasteiger partial charge in [-0.2, -0.15) is 0 Å². The van der Waals surface area contributed by atoms with Crippen molar-refractivity contribution in [3.8, 4) is 0 Å². The molecule has 0 bridgehead atoms. The third-order valence-corrected chi connectivity index (χ3v) is 3.72. The smallest absolute Gasteiger partial charge is 0.223 e. The molecule has 0 radical (unpaired) electrons. The van der Waals surface area contributed by atoms with Crippen LogP contribution in [0.5, 0.6) is 0 Å². The second-order valence-electron chi connectivity index (χ2n) is 4.17. The van der Waals surface area contributed by atoms with Crippen LogP contribution >= 0.6 is 15.9 Å². The van der Waals surface area contributed by atoms with Gasteiger partial charge in [0.15, 0.2) is 0 Å². The summed E-state index contributed by atoms with van der Waals surface area (Å²) >= 11 is 3.49. The first-order valence-electron chi connectivity index (χ1n) is 5.42. The van der Waals surface area contributed by atoms with Crippen molar-refractivity contribution < 1.29 is 4.79 Å². The van der Waals surface area contributed by atoms with Crippen LogP contribution in [0.3, 0.4) is 0 Å². The molecule has 1 aromatic carbocycles. The summed E-state index contributed by atoms with van der Waals surface area (Å²) in [6, 6.07) is 7.99. The minimum absolute atomic E-state index is 0.214. The van der Waals surface area contributed by atoms with Crippen LogP contribution in [0.2, 0.25) is 0 Å². The summed E-state index contributed by atoms with van der Waals surface area (Å²) < 4.78 is 1.05. The van der Waals surface area contributed by atoms with E-state index in [-0.39, 0.29) is 5.91 Å². The quantitative estimate of drug-likeness (QED) is 0.918. The van der Waals surface area contributed by atoms with E-state index in [2.05, 4.69) is 15.9 Å². The van der Waals surface area contributed by atoms with Crippen LogP contribution < -0.4 is 5.73 Å². The molecule has 1 amide bonds. The van der Waals surface area contributed by atoms with E-state index in [4.69, 9.17) is 5.73 Å². The molecule has 4 heteroatoms. The second kappa shape index (κ2) is 4.97. The van der Waals surface area contributed by atoms with Gasteiger partial charge in [-0.05, 0) is 24.1 Å². The Hall–Kier alpha value is -0.870. The topological polar surface area (TPSA) is 46.3 Å². The highest BCUT2D eigenvalue weighted by molar-refractivity contribution is 9.10. The van der Waals surface area contributed by atoms with Crippen molar-refractivity contribution in [3.63, 3.8) is 0 Å². The zero-order valence-electron chi connectivity index (χ0n) is 9.03. The molecule has 1 fully saturated rings. The van der Waals surface area contributed by atoms with E-state index in [0.29, 0.717) is 25.4 Å². The molecule has 86 valence electrons. The Bertz CT molecular complexity index is 394. The maximum atomic E-state index is 11.7. The SMILES string of the molecule is NCC1CC(=O)N(Cc2ccccc2Br)C1. The van der Waals surface area contributed by atoms with Gasteiger partial charge in [-0.3, -0.25) is 4.79 Å². The number of benzene rings is 1. The van der Waals surface area contributed by atoms with Crippen LogP contribution in [0.4, 0.5) is 0 Å². The van der Waals surface area contributed by atoms with Crippen molar-refractivity contribution in [2.45, 2.75) is 13.0 Å². The molecule has 1 atom stereocenters. The van der Waals surface area contributed by atoms with Gasteiger partial charge in [0, 0.05) is 24.0 Å². The van der Waals surface area contributed by atoms with Gasteiger partial charge in [-0.1, -0.05) is 34.1 Å². The lowest BCUT2D eigenvalue weighted by molar-refractivity contribution is -0.128. The molecule has 2 rings (SSSR count). The number of carbonyl (C=O) groups excluding carboxylic acids is 1. The van der Waals surface area contributed by atoms with Crippen molar-refractivity contribution >= 4 is 21.8 Å². The predicted molar refractivity (Wildman–Crippen MR) is 66.7 cm³/mol. The number of likely N-dealkylation sites (tertiary alicyclic amines) is 1. The maximum absolute atomic E-state index is 11.7. The summed E-state index contributed by atoms with van der Waals surface area (Å²) in [5, 5.41) is 0. The predicted octanol–water partition coefficient (Wildman–Crippen LogP) is 1.76. The molecule has 1 aliphatic heterocycles. The van der Waals surface area contributed by atoms with Crippen LogP contribution in [0, 0.1) is 5.92 Å². The van der Waals surface area contributed by atoms with Crippen molar-refractivity contribution in [3.05, 3.63) is 34.3 Å². The summed E-state index contributed by atoms with van der Waals surface area (Å²) in [6.45, 7) is 2.06. The Labute approximate surface area is 104 Å². The van der Waals surface area contributed by atoms with E-state index in [1.165, 1.54) is 0 Å². The Morgan fingerprint density at radius 3 is 2.81 bits per heavy atom. The van der Waals surface area contributed by atoms with E-state index in [1.54, 1.807) is 0 Å². The molecule has 0 aliphatic carbocycles. The van der Waals surface area contributed by atoms with Crippen LogP contribution in [-0.2, 0) is 11.3 Å². The minimum atomic E-state index is 0.214. The third kappa shape index (κ3) is 2.44. The number of hydrogen-bond donors (Lipinski definition) is 1. The van der Waals surface area contributed by atoms with E-state index >= 15 is 0 Å². The van der Waals surface area contributed by atoms with Crippen LogP contribution in [0.25, 0.3) is 0 Å². The third-order valence-electron chi connectivity index (χ3n) is 2.95. The van der Waals surface area contributed by atoms with Gasteiger partial charge in [-0.25, -0.2) is 0 Å². The first-order valence-corrected chi connectivity index (χ1v) is 6.21. The van der Waals surface area contributed by atoms with Crippen LogP contribution in [-0.4, -0.2) is 23.9 Å². The summed E-state index contributed by atoms with van der Waals surface area (Å²) in [7, 11) is 0. The highest BCUT2D eigenvalue weighted by Crippen LogP contribution is 2.23. The average Bonchev–Trinajstić information content (AvgIpc) is 2.63. The molecule has 1 aliphatic rings. The molecule has 16 heavy (non-hydrogen) atoms. The fourth-order valence-electron chi connectivity index (χ4n) is 2.00. The summed E-state index contributed by atoms with van der Waals surface area (Å²) in [4.78, 5) is 13.6. The summed E-state index contributed by atoms with van der Waals surface area (Å²) in [5.41, 5.74) is 6.74. The highest BCUT2D eigenvalue weighted by Gasteiger charge is 2.28. The zero-order valence-corrected chi connectivity index (χ0v) is 10.6. The molecule has 1 heterocycles. The Morgan fingerprint density at radius 2 is 2.19 bits per heavy atom. The van der Waals surface area contributed by atoms with Gasteiger partial charge < -0.3 is 10.6 Å². The Kier molecular flexibility index (Phi) is 3.61. The molecule has 2 N–H and O–H groups in total.